The molecule has 9 heteroatoms. The summed E-state index contributed by atoms with van der Waals surface area (Å²) in [6.45, 7) is 3.97. The molecule has 1 atom stereocenters. The summed E-state index contributed by atoms with van der Waals surface area (Å²) < 4.78 is 34.2. The summed E-state index contributed by atoms with van der Waals surface area (Å²) in [5.74, 6) is 5.40. The Morgan fingerprint density at radius 2 is 1.39 bits per heavy atom. The van der Waals surface area contributed by atoms with Gasteiger partial charge in [0.1, 0.15) is 37.9 Å². The lowest BCUT2D eigenvalue weighted by molar-refractivity contribution is -0.149. The number of hydrogen-bond acceptors (Lipinski definition) is 8. The van der Waals surface area contributed by atoms with Gasteiger partial charge in [0, 0.05) is 17.2 Å². The first-order chi connectivity index (χ1) is 21.3. The standard InChI is InChI=1S/C35H37FO8/c1-25(23-37)34(39)43-18-16-41-32-20-31(21-33(22-32)42-17-19-44-35(40)26(2)24-38)30-13-11-29(12-14-30)10-9-28-7-5-27(6-8-28)4-3-15-36/h5-8,11-14,20-22,26,37-38H,1,3-4,15-19,23-24H2,2H3. The molecule has 0 amide bonds. The molecular formula is C35H37FO8. The van der Waals surface area contributed by atoms with Gasteiger partial charge in [0.25, 0.3) is 0 Å². The maximum atomic E-state index is 12.4. The van der Waals surface area contributed by atoms with Gasteiger partial charge in [-0.2, -0.15) is 0 Å². The Kier molecular flexibility index (Phi) is 13.9. The van der Waals surface area contributed by atoms with E-state index in [2.05, 4.69) is 18.4 Å². The summed E-state index contributed by atoms with van der Waals surface area (Å²) >= 11 is 0. The molecule has 0 aliphatic carbocycles. The second-order valence-electron chi connectivity index (χ2n) is 9.86. The van der Waals surface area contributed by atoms with Gasteiger partial charge in [0.05, 0.1) is 31.4 Å². The highest BCUT2D eigenvalue weighted by Gasteiger charge is 2.13. The van der Waals surface area contributed by atoms with Crippen molar-refractivity contribution in [3.05, 3.63) is 95.6 Å². The molecule has 44 heavy (non-hydrogen) atoms. The summed E-state index contributed by atoms with van der Waals surface area (Å²) in [4.78, 5) is 23.5. The fraction of sp³-hybridized carbons (Fsp3) is 0.314. The van der Waals surface area contributed by atoms with Gasteiger partial charge in [-0.05, 0) is 72.9 Å². The van der Waals surface area contributed by atoms with Crippen LogP contribution in [0.2, 0.25) is 0 Å². The Morgan fingerprint density at radius 1 is 0.818 bits per heavy atom. The van der Waals surface area contributed by atoms with Crippen molar-refractivity contribution >= 4 is 11.9 Å². The van der Waals surface area contributed by atoms with Gasteiger partial charge in [0.2, 0.25) is 0 Å². The van der Waals surface area contributed by atoms with Crippen LogP contribution in [-0.4, -0.2) is 68.5 Å². The van der Waals surface area contributed by atoms with Gasteiger partial charge < -0.3 is 29.2 Å². The van der Waals surface area contributed by atoms with Gasteiger partial charge >= 0.3 is 11.9 Å². The van der Waals surface area contributed by atoms with Crippen LogP contribution in [0, 0.1) is 17.8 Å². The third-order valence-electron chi connectivity index (χ3n) is 6.34. The highest BCUT2D eigenvalue weighted by molar-refractivity contribution is 5.87. The first-order valence-electron chi connectivity index (χ1n) is 14.2. The van der Waals surface area contributed by atoms with Crippen LogP contribution < -0.4 is 9.47 Å². The maximum Gasteiger partial charge on any atom is 0.335 e. The van der Waals surface area contributed by atoms with Crippen molar-refractivity contribution in [1.82, 2.24) is 0 Å². The van der Waals surface area contributed by atoms with Crippen LogP contribution in [0.4, 0.5) is 4.39 Å². The van der Waals surface area contributed by atoms with Crippen LogP contribution in [0.25, 0.3) is 11.1 Å². The summed E-state index contributed by atoms with van der Waals surface area (Å²) in [5, 5.41) is 18.1. The molecule has 0 heterocycles. The van der Waals surface area contributed by atoms with Gasteiger partial charge in [-0.25, -0.2) is 4.79 Å². The molecule has 0 saturated carbocycles. The maximum absolute atomic E-state index is 12.4. The minimum atomic E-state index is -0.701. The van der Waals surface area contributed by atoms with Crippen molar-refractivity contribution in [1.29, 1.82) is 0 Å². The quantitative estimate of drug-likeness (QED) is 0.105. The number of carbonyl (C=O) groups excluding carboxylic acids is 2. The number of carbonyl (C=O) groups is 2. The fourth-order valence-corrected chi connectivity index (χ4v) is 3.80. The molecule has 0 saturated heterocycles. The average Bonchev–Trinajstić information content (AvgIpc) is 3.06. The molecule has 3 aromatic carbocycles. The van der Waals surface area contributed by atoms with E-state index < -0.39 is 24.5 Å². The lowest BCUT2D eigenvalue weighted by atomic mass is 10.0. The summed E-state index contributed by atoms with van der Waals surface area (Å²) in [7, 11) is 0. The van der Waals surface area contributed by atoms with E-state index in [0.29, 0.717) is 24.3 Å². The van der Waals surface area contributed by atoms with Crippen molar-refractivity contribution in [3.63, 3.8) is 0 Å². The van der Waals surface area contributed by atoms with Gasteiger partial charge in [-0.15, -0.1) is 0 Å². The molecule has 2 N–H and O–H groups in total. The van der Waals surface area contributed by atoms with E-state index in [1.165, 1.54) is 0 Å². The molecular weight excluding hydrogens is 567 g/mol. The number of esters is 2. The zero-order chi connectivity index (χ0) is 31.7. The minimum absolute atomic E-state index is 0.00198. The Balaban J connectivity index is 1.70. The predicted octanol–water partition coefficient (Wildman–Crippen LogP) is 4.68. The van der Waals surface area contributed by atoms with E-state index >= 15 is 0 Å². The van der Waals surface area contributed by atoms with E-state index in [0.717, 1.165) is 27.8 Å². The molecule has 232 valence electrons. The van der Waals surface area contributed by atoms with Gasteiger partial charge in [-0.3, -0.25) is 9.18 Å². The minimum Gasteiger partial charge on any atom is -0.490 e. The first kappa shape index (κ1) is 33.8. The predicted molar refractivity (Wildman–Crippen MR) is 164 cm³/mol. The average molecular weight is 605 g/mol. The number of aliphatic hydroxyl groups excluding tert-OH is 2. The number of alkyl halides is 1. The molecule has 0 spiro atoms. The highest BCUT2D eigenvalue weighted by atomic mass is 19.1. The summed E-state index contributed by atoms with van der Waals surface area (Å²) in [6.07, 6.45) is 1.22. The normalized spacial score (nSPS) is 11.1. The van der Waals surface area contributed by atoms with Gasteiger partial charge in [0.15, 0.2) is 0 Å². The van der Waals surface area contributed by atoms with Crippen LogP contribution >= 0.6 is 0 Å². The van der Waals surface area contributed by atoms with E-state index in [1.54, 1.807) is 13.0 Å². The largest absolute Gasteiger partial charge is 0.490 e. The molecule has 0 fully saturated rings. The molecule has 0 bridgehead atoms. The summed E-state index contributed by atoms with van der Waals surface area (Å²) in [6, 6.07) is 20.7. The number of aryl methyl sites for hydroxylation is 1. The number of halogens is 1. The van der Waals surface area contributed by atoms with Crippen molar-refractivity contribution in [2.75, 3.05) is 46.3 Å². The van der Waals surface area contributed by atoms with E-state index in [1.807, 2.05) is 60.7 Å². The molecule has 3 aromatic rings. The lowest BCUT2D eigenvalue weighted by Gasteiger charge is -2.14. The SMILES string of the molecule is C=C(CO)C(=O)OCCOc1cc(OCCOC(=O)C(C)CO)cc(-c2ccc(C#Cc3ccc(CCCF)cc3)cc2)c1. The molecule has 3 rings (SSSR count). The Bertz CT molecular complexity index is 1440. The number of rotatable bonds is 16. The molecule has 0 aromatic heterocycles. The third kappa shape index (κ3) is 11.2. The second kappa shape index (κ2) is 18.1. The molecule has 0 aliphatic heterocycles. The zero-order valence-corrected chi connectivity index (χ0v) is 24.7. The summed E-state index contributed by atoms with van der Waals surface area (Å²) in [5.41, 5.74) is 4.39. The lowest BCUT2D eigenvalue weighted by Crippen LogP contribution is -2.20. The Labute approximate surface area is 257 Å². The fourth-order valence-electron chi connectivity index (χ4n) is 3.80. The van der Waals surface area contributed by atoms with E-state index in [9.17, 15) is 14.0 Å². The van der Waals surface area contributed by atoms with E-state index in [4.69, 9.17) is 29.2 Å². The number of ether oxygens (including phenoxy) is 4. The van der Waals surface area contributed by atoms with Crippen LogP contribution in [0.3, 0.4) is 0 Å². The molecule has 0 aliphatic rings. The highest BCUT2D eigenvalue weighted by Crippen LogP contribution is 2.30. The number of aliphatic hydroxyl groups is 2. The van der Waals surface area contributed by atoms with Crippen molar-refractivity contribution in [2.24, 2.45) is 5.92 Å². The first-order valence-corrected chi connectivity index (χ1v) is 14.2. The van der Waals surface area contributed by atoms with Crippen molar-refractivity contribution < 1.29 is 43.1 Å². The Hall–Kier alpha value is -4.65. The monoisotopic (exact) mass is 604 g/mol. The topological polar surface area (TPSA) is 112 Å². The Morgan fingerprint density at radius 3 is 1.93 bits per heavy atom. The van der Waals surface area contributed by atoms with Crippen LogP contribution in [0.1, 0.15) is 30.0 Å². The molecule has 0 radical (unpaired) electrons. The van der Waals surface area contributed by atoms with Crippen molar-refractivity contribution in [3.8, 4) is 34.5 Å². The molecule has 1 unspecified atom stereocenters. The number of hydrogen-bond donors (Lipinski definition) is 2. The number of benzene rings is 3. The van der Waals surface area contributed by atoms with E-state index in [-0.39, 0.29) is 45.3 Å². The van der Waals surface area contributed by atoms with Gasteiger partial charge in [-0.1, -0.05) is 42.7 Å². The van der Waals surface area contributed by atoms with Crippen LogP contribution in [-0.2, 0) is 25.5 Å². The van der Waals surface area contributed by atoms with Crippen LogP contribution in [0.5, 0.6) is 11.5 Å². The smallest absolute Gasteiger partial charge is 0.335 e. The van der Waals surface area contributed by atoms with Crippen molar-refractivity contribution in [2.45, 2.75) is 19.8 Å². The molecule has 8 nitrogen and oxygen atoms in total. The zero-order valence-electron chi connectivity index (χ0n) is 24.7. The second-order valence-corrected chi connectivity index (χ2v) is 9.86. The van der Waals surface area contributed by atoms with Crippen LogP contribution in [0.15, 0.2) is 78.9 Å². The third-order valence-corrected chi connectivity index (χ3v) is 6.34.